The van der Waals surface area contributed by atoms with Crippen molar-refractivity contribution in [1.82, 2.24) is 0 Å². The highest BCUT2D eigenvalue weighted by Gasteiger charge is 2.06. The van der Waals surface area contributed by atoms with Gasteiger partial charge in [-0.1, -0.05) is 11.8 Å². The quantitative estimate of drug-likeness (QED) is 0.291. The van der Waals surface area contributed by atoms with Gasteiger partial charge in [0.25, 0.3) is 0 Å². The van der Waals surface area contributed by atoms with Crippen LogP contribution in [0.25, 0.3) is 0 Å². The minimum Gasteiger partial charge on any atom is -0.140 e. The molecule has 0 N–H and O–H groups in total. The van der Waals surface area contributed by atoms with Crippen LogP contribution in [0.5, 0.6) is 0 Å². The standard InChI is InChI=1S/C3H12B3P/c1-2-7-3(4,5)6/h7H,2,4-6H2,1H3. The molecule has 4 heteroatoms. The molecular formula is C3H12B3P. The fourth-order valence-corrected chi connectivity index (χ4v) is 1.59. The summed E-state index contributed by atoms with van der Waals surface area (Å²) in [6.07, 6.45) is 1.34. The van der Waals surface area contributed by atoms with Crippen LogP contribution in [0.3, 0.4) is 0 Å². The second-order valence-corrected chi connectivity index (χ2v) is 5.34. The summed E-state index contributed by atoms with van der Waals surface area (Å²) >= 11 is 0. The first-order valence-electron chi connectivity index (χ1n) is 2.81. The van der Waals surface area contributed by atoms with Crippen molar-refractivity contribution in [1.29, 1.82) is 0 Å². The minimum atomic E-state index is 0.578. The molecule has 0 bridgehead atoms. The molecule has 1 unspecified atom stereocenters. The fourth-order valence-electron chi connectivity index (χ4n) is 0.530. The van der Waals surface area contributed by atoms with Crippen molar-refractivity contribution in [3.63, 3.8) is 0 Å². The molecule has 0 saturated heterocycles. The zero-order valence-electron chi connectivity index (χ0n) is 5.71. The molecule has 0 spiro atoms. The van der Waals surface area contributed by atoms with E-state index in [2.05, 4.69) is 30.5 Å². The van der Waals surface area contributed by atoms with Crippen LogP contribution in [-0.4, -0.2) is 34.6 Å². The molecule has 0 fully saturated rings. The fraction of sp³-hybridized carbons (Fsp3) is 1.00. The molecule has 1 atom stereocenters. The lowest BCUT2D eigenvalue weighted by Crippen LogP contribution is -2.23. The van der Waals surface area contributed by atoms with E-state index in [-0.39, 0.29) is 0 Å². The highest BCUT2D eigenvalue weighted by atomic mass is 31.1. The van der Waals surface area contributed by atoms with Gasteiger partial charge in [0.2, 0.25) is 0 Å². The normalized spacial score (nSPS) is 13.3. The summed E-state index contributed by atoms with van der Waals surface area (Å²) in [6.45, 7) is 2.24. The van der Waals surface area contributed by atoms with Crippen LogP contribution in [0.1, 0.15) is 6.92 Å². The molecule has 0 rings (SSSR count). The summed E-state index contributed by atoms with van der Waals surface area (Å²) in [5.41, 5.74) is 0. The Morgan fingerprint density at radius 1 is 1.43 bits per heavy atom. The van der Waals surface area contributed by atoms with Crippen LogP contribution < -0.4 is 0 Å². The van der Waals surface area contributed by atoms with Gasteiger partial charge in [-0.2, -0.15) is 0 Å². The third kappa shape index (κ3) is 6.62. The molecule has 0 aliphatic carbocycles. The lowest BCUT2D eigenvalue weighted by Gasteiger charge is -2.15. The lowest BCUT2D eigenvalue weighted by atomic mass is 9.56. The molecule has 0 aromatic rings. The molecule has 0 aromatic carbocycles. The van der Waals surface area contributed by atoms with E-state index in [0.717, 1.165) is 8.58 Å². The van der Waals surface area contributed by atoms with Gasteiger partial charge in [0, 0.05) is 0 Å². The van der Waals surface area contributed by atoms with Crippen LogP contribution in [0.15, 0.2) is 0 Å². The average Bonchev–Trinajstić information content (AvgIpc) is 1.30. The summed E-state index contributed by atoms with van der Waals surface area (Å²) < 4.78 is 0. The molecular weight excluding hydrogens is 99.4 g/mol. The summed E-state index contributed by atoms with van der Waals surface area (Å²) in [6, 6.07) is 0. The van der Waals surface area contributed by atoms with E-state index in [1.807, 2.05) is 0 Å². The van der Waals surface area contributed by atoms with Gasteiger partial charge in [-0.05, 0) is 6.16 Å². The van der Waals surface area contributed by atoms with Crippen LogP contribution >= 0.6 is 8.58 Å². The van der Waals surface area contributed by atoms with Crippen LogP contribution in [-0.2, 0) is 0 Å². The van der Waals surface area contributed by atoms with Gasteiger partial charge in [-0.3, -0.25) is 0 Å². The molecule has 0 aromatic heterocycles. The topological polar surface area (TPSA) is 0 Å². The number of hydrogen-bond donors (Lipinski definition) is 0. The van der Waals surface area contributed by atoms with Crippen molar-refractivity contribution in [2.75, 3.05) is 6.16 Å². The van der Waals surface area contributed by atoms with E-state index in [9.17, 15) is 0 Å². The van der Waals surface area contributed by atoms with Crippen LogP contribution in [0.2, 0.25) is 0 Å². The van der Waals surface area contributed by atoms with Gasteiger partial charge < -0.3 is 0 Å². The molecule has 0 saturated carbocycles. The highest BCUT2D eigenvalue weighted by Crippen LogP contribution is 2.20. The Kier molecular flexibility index (Phi) is 3.07. The molecule has 0 aliphatic heterocycles. The summed E-state index contributed by atoms with van der Waals surface area (Å²) in [5, 5.41) is 0. The largest absolute Gasteiger partial charge is 0.140 e. The smallest absolute Gasteiger partial charge is 0.0950 e. The van der Waals surface area contributed by atoms with Gasteiger partial charge in [0.05, 0.1) is 23.5 Å². The van der Waals surface area contributed by atoms with Gasteiger partial charge in [-0.25, -0.2) is 0 Å². The predicted molar refractivity (Wildman–Crippen MR) is 47.2 cm³/mol. The molecule has 0 heterocycles. The molecule has 7 heavy (non-hydrogen) atoms. The monoisotopic (exact) mass is 112 g/mol. The van der Waals surface area contributed by atoms with Crippen molar-refractivity contribution in [2.45, 2.75) is 11.8 Å². The number of rotatable bonds is 2. The third-order valence-electron chi connectivity index (χ3n) is 0.707. The van der Waals surface area contributed by atoms with Gasteiger partial charge >= 0.3 is 0 Å². The zero-order chi connectivity index (χ0) is 5.91. The van der Waals surface area contributed by atoms with Crippen molar-refractivity contribution < 1.29 is 0 Å². The van der Waals surface area contributed by atoms with E-state index in [1.54, 1.807) is 0 Å². The Bertz CT molecular complexity index is 48.6. The highest BCUT2D eigenvalue weighted by molar-refractivity contribution is 7.48. The third-order valence-corrected chi connectivity index (χ3v) is 2.12. The molecule has 0 aliphatic rings. The Hall–Kier alpha value is 0.625. The molecule has 0 radical (unpaired) electrons. The average molecular weight is 112 g/mol. The lowest BCUT2D eigenvalue weighted by molar-refractivity contribution is 1.49. The van der Waals surface area contributed by atoms with Crippen LogP contribution in [0.4, 0.5) is 0 Å². The van der Waals surface area contributed by atoms with Gasteiger partial charge in [0.15, 0.2) is 0 Å². The first-order chi connectivity index (χ1) is 3.06. The second kappa shape index (κ2) is 2.82. The molecule has 38 valence electrons. The van der Waals surface area contributed by atoms with E-state index >= 15 is 0 Å². The summed E-state index contributed by atoms with van der Waals surface area (Å²) in [5.74, 6) is 0. The Morgan fingerprint density at radius 2 is 1.86 bits per heavy atom. The maximum atomic E-state index is 2.29. The SMILES string of the molecule is BC(B)(B)PCC. The Morgan fingerprint density at radius 3 is 1.86 bits per heavy atom. The summed E-state index contributed by atoms with van der Waals surface area (Å²) in [4.78, 5) is 0.578. The van der Waals surface area contributed by atoms with Gasteiger partial charge in [0.1, 0.15) is 0 Å². The first-order valence-corrected chi connectivity index (χ1v) is 4.02. The van der Waals surface area contributed by atoms with E-state index in [1.165, 1.54) is 6.16 Å². The summed E-state index contributed by atoms with van der Waals surface area (Å²) in [7, 11) is 7.98. The Labute approximate surface area is 50.8 Å². The van der Waals surface area contributed by atoms with Crippen molar-refractivity contribution in [2.24, 2.45) is 0 Å². The Balaban J connectivity index is 3.15. The van der Waals surface area contributed by atoms with Crippen LogP contribution in [0, 0.1) is 0 Å². The second-order valence-electron chi connectivity index (χ2n) is 2.78. The maximum Gasteiger partial charge on any atom is 0.0950 e. The van der Waals surface area contributed by atoms with Crippen molar-refractivity contribution in [3.05, 3.63) is 0 Å². The molecule has 0 nitrogen and oxygen atoms in total. The zero-order valence-corrected chi connectivity index (χ0v) is 6.71. The van der Waals surface area contributed by atoms with Crippen molar-refractivity contribution in [3.8, 4) is 0 Å². The number of hydrogen-bond acceptors (Lipinski definition) is 0. The van der Waals surface area contributed by atoms with E-state index in [4.69, 9.17) is 0 Å². The molecule has 0 amide bonds. The van der Waals surface area contributed by atoms with Crippen molar-refractivity contribution >= 4 is 32.1 Å². The van der Waals surface area contributed by atoms with E-state index in [0.29, 0.717) is 4.85 Å². The predicted octanol–water partition coefficient (Wildman–Crippen LogP) is -1.80. The first kappa shape index (κ1) is 7.62. The maximum absolute atomic E-state index is 2.29. The van der Waals surface area contributed by atoms with E-state index < -0.39 is 0 Å². The minimum absolute atomic E-state index is 0.578. The van der Waals surface area contributed by atoms with Gasteiger partial charge in [-0.15, -0.1) is 8.58 Å².